The molecular weight excluding hydrogens is 344 g/mol. The summed E-state index contributed by atoms with van der Waals surface area (Å²) in [5, 5.41) is 7.32. The Morgan fingerprint density at radius 2 is 1.68 bits per heavy atom. The molecule has 0 aromatic heterocycles. The van der Waals surface area contributed by atoms with Gasteiger partial charge in [-0.05, 0) is 52.5 Å². The summed E-state index contributed by atoms with van der Waals surface area (Å²) in [5.41, 5.74) is 8.55. The number of rotatable bonds is 6. The number of hydrogen-bond acceptors (Lipinski definition) is 4. The topological polar surface area (TPSA) is 56.3 Å². The van der Waals surface area contributed by atoms with Gasteiger partial charge in [-0.2, -0.15) is 5.26 Å². The summed E-state index contributed by atoms with van der Waals surface area (Å²) in [7, 11) is 0. The van der Waals surface area contributed by atoms with Crippen molar-refractivity contribution in [3.63, 3.8) is 0 Å². The first-order valence-electron chi connectivity index (χ1n) is 10.8. The molecule has 160 valence electrons. The molecule has 4 heteroatoms. The average Bonchev–Trinajstić information content (AvgIpc) is 2.80. The van der Waals surface area contributed by atoms with Crippen molar-refractivity contribution in [2.24, 2.45) is 11.7 Å². The Bertz CT molecular complexity index is 515. The molecule has 28 heavy (non-hydrogen) atoms. The van der Waals surface area contributed by atoms with E-state index in [9.17, 15) is 0 Å². The lowest BCUT2D eigenvalue weighted by molar-refractivity contribution is 0.120. The van der Waals surface area contributed by atoms with Gasteiger partial charge in [0.2, 0.25) is 0 Å². The third-order valence-electron chi connectivity index (χ3n) is 4.63. The van der Waals surface area contributed by atoms with E-state index in [0.717, 1.165) is 18.8 Å². The van der Waals surface area contributed by atoms with E-state index in [1.165, 1.54) is 63.8 Å². The van der Waals surface area contributed by atoms with Crippen LogP contribution >= 0.6 is 0 Å². The number of nitrogens with zero attached hydrogens (tertiary/aromatic N) is 3. The van der Waals surface area contributed by atoms with Crippen molar-refractivity contribution in [1.29, 1.82) is 5.26 Å². The Labute approximate surface area is 174 Å². The molecule has 2 N–H and O–H groups in total. The van der Waals surface area contributed by atoms with E-state index >= 15 is 0 Å². The predicted octanol–water partition coefficient (Wildman–Crippen LogP) is 4.76. The molecule has 1 atom stereocenters. The molecule has 1 aliphatic carbocycles. The van der Waals surface area contributed by atoms with Crippen LogP contribution in [0.4, 0.5) is 0 Å². The lowest BCUT2D eigenvalue weighted by atomic mass is 10.1. The van der Waals surface area contributed by atoms with Gasteiger partial charge < -0.3 is 15.5 Å². The summed E-state index contributed by atoms with van der Waals surface area (Å²) in [4.78, 5) is 5.17. The van der Waals surface area contributed by atoms with Crippen LogP contribution in [0.3, 0.4) is 0 Å². The first-order valence-corrected chi connectivity index (χ1v) is 10.8. The molecule has 0 saturated carbocycles. The molecule has 1 unspecified atom stereocenters. The first-order chi connectivity index (χ1) is 13.3. The summed E-state index contributed by atoms with van der Waals surface area (Å²) >= 11 is 0. The third kappa shape index (κ3) is 15.6. The molecule has 1 saturated heterocycles. The third-order valence-corrected chi connectivity index (χ3v) is 4.63. The van der Waals surface area contributed by atoms with Gasteiger partial charge in [-0.1, -0.05) is 49.3 Å². The van der Waals surface area contributed by atoms with Crippen LogP contribution < -0.4 is 5.73 Å². The highest BCUT2D eigenvalue weighted by Gasteiger charge is 2.16. The lowest BCUT2D eigenvalue weighted by Gasteiger charge is -2.35. The second kappa shape index (κ2) is 16.5. The van der Waals surface area contributed by atoms with E-state index in [0.29, 0.717) is 6.04 Å². The van der Waals surface area contributed by atoms with Gasteiger partial charge in [-0.3, -0.25) is 0 Å². The molecule has 0 bridgehead atoms. The van der Waals surface area contributed by atoms with Crippen LogP contribution in [0.2, 0.25) is 0 Å². The van der Waals surface area contributed by atoms with Gasteiger partial charge in [0.05, 0.1) is 6.07 Å². The van der Waals surface area contributed by atoms with Gasteiger partial charge in [-0.15, -0.1) is 0 Å². The quantitative estimate of drug-likeness (QED) is 0.713. The standard InChI is InChI=1S/C13H29N3.C9H12.C2H3N/c1-12(2)11-16-9-7-15(8-10-16)6-4-5-13(3)14;1-8-5-3-4-6-9(2)7-8;1-2-3/h12-13H,4-11,14H2,1-3H3;3-5,7H,6H2,1-2H3;1H3. The number of allylic oxidation sites excluding steroid dienone is 6. The Morgan fingerprint density at radius 1 is 1.11 bits per heavy atom. The highest BCUT2D eigenvalue weighted by Crippen LogP contribution is 2.10. The van der Waals surface area contributed by atoms with Crippen molar-refractivity contribution in [3.05, 3.63) is 35.5 Å². The van der Waals surface area contributed by atoms with Gasteiger partial charge in [0, 0.05) is 45.7 Å². The summed E-state index contributed by atoms with van der Waals surface area (Å²) in [5.74, 6) is 0.796. The van der Waals surface area contributed by atoms with E-state index in [-0.39, 0.29) is 0 Å². The zero-order valence-corrected chi connectivity index (χ0v) is 19.2. The fraction of sp³-hybridized carbons (Fsp3) is 0.708. The summed E-state index contributed by atoms with van der Waals surface area (Å²) in [6.45, 7) is 19.9. The van der Waals surface area contributed by atoms with Gasteiger partial charge in [0.15, 0.2) is 0 Å². The van der Waals surface area contributed by atoms with E-state index in [1.54, 1.807) is 6.07 Å². The van der Waals surface area contributed by atoms with Crippen LogP contribution in [-0.4, -0.2) is 55.1 Å². The van der Waals surface area contributed by atoms with Crippen molar-refractivity contribution in [1.82, 2.24) is 9.80 Å². The fourth-order valence-corrected chi connectivity index (χ4v) is 3.32. The maximum Gasteiger partial charge on any atom is 0.0587 e. The Kier molecular flexibility index (Phi) is 15.7. The van der Waals surface area contributed by atoms with Gasteiger partial charge in [-0.25, -0.2) is 0 Å². The molecule has 0 spiro atoms. The number of nitriles is 1. The Balaban J connectivity index is 0.000000509. The molecule has 1 heterocycles. The minimum Gasteiger partial charge on any atom is -0.328 e. The maximum absolute atomic E-state index is 7.32. The zero-order chi connectivity index (χ0) is 21.4. The molecule has 1 aliphatic heterocycles. The van der Waals surface area contributed by atoms with E-state index in [2.05, 4.69) is 68.7 Å². The van der Waals surface area contributed by atoms with Crippen LogP contribution in [-0.2, 0) is 0 Å². The van der Waals surface area contributed by atoms with Crippen molar-refractivity contribution in [3.8, 4) is 6.07 Å². The largest absolute Gasteiger partial charge is 0.328 e. The molecule has 2 aliphatic rings. The molecule has 2 rings (SSSR count). The fourth-order valence-electron chi connectivity index (χ4n) is 3.32. The van der Waals surface area contributed by atoms with Gasteiger partial charge in [0.1, 0.15) is 0 Å². The number of hydrogen-bond donors (Lipinski definition) is 1. The number of piperazine rings is 1. The minimum absolute atomic E-state index is 0.363. The van der Waals surface area contributed by atoms with Crippen molar-refractivity contribution in [2.45, 2.75) is 66.8 Å². The Morgan fingerprint density at radius 3 is 2.21 bits per heavy atom. The van der Waals surface area contributed by atoms with Crippen LogP contribution in [0, 0.1) is 17.2 Å². The predicted molar refractivity (Wildman–Crippen MR) is 123 cm³/mol. The Hall–Kier alpha value is -1.41. The van der Waals surface area contributed by atoms with E-state index < -0.39 is 0 Å². The maximum atomic E-state index is 7.32. The minimum atomic E-state index is 0.363. The number of nitrogens with two attached hydrogens (primary N) is 1. The average molecular weight is 389 g/mol. The summed E-state index contributed by atoms with van der Waals surface area (Å²) in [6, 6.07) is 2.11. The van der Waals surface area contributed by atoms with E-state index in [4.69, 9.17) is 11.0 Å². The normalized spacial score (nSPS) is 18.5. The van der Waals surface area contributed by atoms with Crippen molar-refractivity contribution in [2.75, 3.05) is 39.3 Å². The summed E-state index contributed by atoms with van der Waals surface area (Å²) in [6.07, 6.45) is 12.2. The van der Waals surface area contributed by atoms with Crippen LogP contribution in [0.25, 0.3) is 0 Å². The lowest BCUT2D eigenvalue weighted by Crippen LogP contribution is -2.47. The molecule has 0 amide bonds. The second-order valence-electron chi connectivity index (χ2n) is 8.41. The van der Waals surface area contributed by atoms with Crippen LogP contribution in [0.15, 0.2) is 35.5 Å². The molecule has 0 aromatic carbocycles. The summed E-state index contributed by atoms with van der Waals surface area (Å²) < 4.78 is 0. The monoisotopic (exact) mass is 388 g/mol. The van der Waals surface area contributed by atoms with Crippen molar-refractivity contribution >= 4 is 0 Å². The van der Waals surface area contributed by atoms with Crippen LogP contribution in [0.5, 0.6) is 0 Å². The SMILES string of the molecule is CC#N.CC(C)CN1CCN(CCCC(C)N)CC1.CC1=CC=CCC(C)=C1. The van der Waals surface area contributed by atoms with Gasteiger partial charge in [0.25, 0.3) is 0 Å². The smallest absolute Gasteiger partial charge is 0.0587 e. The molecular formula is C24H44N4. The highest BCUT2D eigenvalue weighted by molar-refractivity contribution is 5.29. The van der Waals surface area contributed by atoms with Crippen LogP contribution in [0.1, 0.15) is 60.8 Å². The van der Waals surface area contributed by atoms with Gasteiger partial charge >= 0.3 is 0 Å². The molecule has 0 radical (unpaired) electrons. The first kappa shape index (κ1) is 26.6. The zero-order valence-electron chi connectivity index (χ0n) is 19.2. The highest BCUT2D eigenvalue weighted by atomic mass is 15.3. The molecule has 0 aromatic rings. The van der Waals surface area contributed by atoms with Crippen molar-refractivity contribution < 1.29 is 0 Å². The van der Waals surface area contributed by atoms with E-state index in [1.807, 2.05) is 0 Å². The molecule has 4 nitrogen and oxygen atoms in total. The second-order valence-corrected chi connectivity index (χ2v) is 8.41. The molecule has 1 fully saturated rings.